The summed E-state index contributed by atoms with van der Waals surface area (Å²) in [7, 11) is -2.61. The average molecular weight is 579 g/mol. The van der Waals surface area contributed by atoms with E-state index in [0.29, 0.717) is 38.5 Å². The van der Waals surface area contributed by atoms with Crippen LogP contribution in [0.1, 0.15) is 117 Å². The number of amides is 1. The number of hydrogen-bond donors (Lipinski definition) is 2. The minimum absolute atomic E-state index is 0.585. The van der Waals surface area contributed by atoms with E-state index in [1.165, 1.54) is 64.2 Å². The second kappa shape index (κ2) is 21.4. The molecule has 0 saturated heterocycles. The van der Waals surface area contributed by atoms with Crippen LogP contribution < -0.4 is 5.73 Å². The molecule has 0 bridgehead atoms. The van der Waals surface area contributed by atoms with Gasteiger partial charge in [-0.3, -0.25) is 4.79 Å². The number of thiol groups is 1. The Morgan fingerprint density at radius 3 is 1.59 bits per heavy atom. The molecule has 0 aromatic rings. The van der Waals surface area contributed by atoms with Crippen LogP contribution in [-0.2, 0) is 18.0 Å². The molecule has 2 aliphatic rings. The van der Waals surface area contributed by atoms with Gasteiger partial charge in [-0.15, -0.1) is 0 Å². The number of carbonyl (C=O) groups excluding carboxylic acids is 1. The number of primary amides is 1. The Morgan fingerprint density at radius 1 is 0.811 bits per heavy atom. The predicted molar refractivity (Wildman–Crippen MR) is 161 cm³/mol. The fourth-order valence-electron chi connectivity index (χ4n) is 5.11. The van der Waals surface area contributed by atoms with Gasteiger partial charge in [0, 0.05) is 37.9 Å². The molecule has 37 heavy (non-hydrogen) atoms. The van der Waals surface area contributed by atoms with Crippen LogP contribution >= 0.6 is 24.8 Å². The monoisotopic (exact) mass is 578 g/mol. The molecule has 2 aliphatic carbocycles. The van der Waals surface area contributed by atoms with Gasteiger partial charge >= 0.3 is 8.80 Å². The van der Waals surface area contributed by atoms with E-state index in [9.17, 15) is 0 Å². The normalized spacial score (nSPS) is 17.1. The first-order chi connectivity index (χ1) is 17.9. The lowest BCUT2D eigenvalue weighted by atomic mass is 9.89. The highest BCUT2D eigenvalue weighted by Gasteiger charge is 2.40. The molecule has 1 amide bonds. The summed E-state index contributed by atoms with van der Waals surface area (Å²) < 4.78 is 24.9. The third-order valence-electron chi connectivity index (χ3n) is 6.83. The molecule has 7 nitrogen and oxygen atoms in total. The van der Waals surface area contributed by atoms with E-state index < -0.39 is 14.0 Å². The van der Waals surface area contributed by atoms with Crippen molar-refractivity contribution in [1.82, 2.24) is 4.90 Å². The Balaban J connectivity index is 0.00000159. The van der Waals surface area contributed by atoms with Crippen LogP contribution in [-0.4, -0.2) is 62.6 Å². The molecule has 0 heterocycles. The van der Waals surface area contributed by atoms with Crippen molar-refractivity contribution in [2.75, 3.05) is 26.4 Å². The Kier molecular flexibility index (Phi) is 20.1. The van der Waals surface area contributed by atoms with Crippen molar-refractivity contribution in [3.05, 3.63) is 0 Å². The summed E-state index contributed by atoms with van der Waals surface area (Å²) in [5, 5.41) is 0.115. The topological polar surface area (TPSA) is 83.2 Å². The smallest absolute Gasteiger partial charge is 0.471 e. The zero-order valence-corrected chi connectivity index (χ0v) is 26.4. The highest BCUT2D eigenvalue weighted by atomic mass is 32.1. The highest BCUT2D eigenvalue weighted by Crippen LogP contribution is 2.31. The van der Waals surface area contributed by atoms with Gasteiger partial charge in [-0.1, -0.05) is 71.9 Å². The summed E-state index contributed by atoms with van der Waals surface area (Å²) in [6.07, 6.45) is 18.0. The largest absolute Gasteiger partial charge is 0.500 e. The first-order valence-electron chi connectivity index (χ1n) is 14.7. The number of hydrogen-bond acceptors (Lipinski definition) is 6. The van der Waals surface area contributed by atoms with E-state index in [1.54, 1.807) is 0 Å². The third kappa shape index (κ3) is 15.1. The summed E-state index contributed by atoms with van der Waals surface area (Å²) in [6, 6.07) is 2.03. The summed E-state index contributed by atoms with van der Waals surface area (Å²) >= 11 is 8.98. The summed E-state index contributed by atoms with van der Waals surface area (Å²) in [5.74, 6) is 0. The SMILES string of the molecule is CCCO[Si](CCCCOC(=S)N(C1CCCCC1)C1CCCCC1)(OCCC)OCCC.NC(=O)S. The third-order valence-corrected chi connectivity index (χ3v) is 10.1. The van der Waals surface area contributed by atoms with E-state index in [1.807, 2.05) is 0 Å². The summed E-state index contributed by atoms with van der Waals surface area (Å²) in [4.78, 5) is 11.6. The van der Waals surface area contributed by atoms with Crippen molar-refractivity contribution in [3.63, 3.8) is 0 Å². The molecule has 0 aromatic heterocycles. The second-order valence-electron chi connectivity index (χ2n) is 10.1. The minimum Gasteiger partial charge on any atom is -0.471 e. The average Bonchev–Trinajstić information content (AvgIpc) is 2.90. The fraction of sp³-hybridized carbons (Fsp3) is 0.926. The Labute approximate surface area is 238 Å². The van der Waals surface area contributed by atoms with Gasteiger partial charge in [0.15, 0.2) is 0 Å². The molecule has 0 atom stereocenters. The number of nitrogens with zero attached hydrogens (tertiary/aromatic N) is 1. The molecule has 0 unspecified atom stereocenters. The van der Waals surface area contributed by atoms with E-state index in [-0.39, 0.29) is 0 Å². The fourth-order valence-corrected chi connectivity index (χ4v) is 8.40. The van der Waals surface area contributed by atoms with Gasteiger partial charge in [0.1, 0.15) is 0 Å². The molecule has 218 valence electrons. The Morgan fingerprint density at radius 2 is 1.22 bits per heavy atom. The molecule has 2 saturated carbocycles. The van der Waals surface area contributed by atoms with Gasteiger partial charge < -0.3 is 28.6 Å². The zero-order valence-electron chi connectivity index (χ0n) is 23.7. The van der Waals surface area contributed by atoms with Crippen LogP contribution in [0.4, 0.5) is 4.79 Å². The number of unbranched alkanes of at least 4 members (excludes halogenated alkanes) is 1. The van der Waals surface area contributed by atoms with Crippen LogP contribution in [0, 0.1) is 0 Å². The van der Waals surface area contributed by atoms with Crippen LogP contribution in [0.5, 0.6) is 0 Å². The quantitative estimate of drug-likeness (QED) is 0.0864. The van der Waals surface area contributed by atoms with Crippen LogP contribution in [0.2, 0.25) is 6.04 Å². The number of rotatable bonds is 16. The molecule has 2 rings (SSSR count). The van der Waals surface area contributed by atoms with Gasteiger partial charge in [-0.25, -0.2) is 0 Å². The van der Waals surface area contributed by atoms with E-state index in [4.69, 9.17) is 35.0 Å². The Bertz CT molecular complexity index is 562. The lowest BCUT2D eigenvalue weighted by molar-refractivity contribution is 0.0582. The van der Waals surface area contributed by atoms with Gasteiger partial charge in [0.2, 0.25) is 0 Å². The van der Waals surface area contributed by atoms with Crippen LogP contribution in [0.15, 0.2) is 0 Å². The minimum atomic E-state index is -2.61. The van der Waals surface area contributed by atoms with Crippen molar-refractivity contribution < 1.29 is 22.8 Å². The standard InChI is InChI=1S/C26H51NO4SSi.CH3NOS/c1-4-19-29-33(30-20-5-2,31-21-6-3)23-14-13-22-28-26(32)27(24-15-9-7-10-16-24)25-17-11-8-12-18-25;2-1(3)4/h24-25H,4-23H2,1-3H3;(H3,2,3,4). The van der Waals surface area contributed by atoms with Gasteiger partial charge in [-0.2, -0.15) is 0 Å². The van der Waals surface area contributed by atoms with Crippen molar-refractivity contribution in [3.8, 4) is 0 Å². The lowest BCUT2D eigenvalue weighted by Gasteiger charge is -2.42. The second-order valence-corrected chi connectivity index (χ2v) is 13.7. The summed E-state index contributed by atoms with van der Waals surface area (Å²) in [6.45, 7) is 9.20. The number of thiocarbonyl (C=S) groups is 1. The maximum absolute atomic E-state index is 9.09. The number of nitrogens with two attached hydrogens (primary N) is 1. The Hall–Kier alpha value is -0.393. The maximum atomic E-state index is 9.09. The van der Waals surface area contributed by atoms with Crippen molar-refractivity contribution in [2.24, 2.45) is 5.73 Å². The van der Waals surface area contributed by atoms with E-state index in [2.05, 4.69) is 44.0 Å². The predicted octanol–water partition coefficient (Wildman–Crippen LogP) is 7.25. The van der Waals surface area contributed by atoms with Gasteiger partial charge in [-0.05, 0) is 70.0 Å². The van der Waals surface area contributed by atoms with Crippen molar-refractivity contribution >= 4 is 44.1 Å². The van der Waals surface area contributed by atoms with Crippen LogP contribution in [0.3, 0.4) is 0 Å². The molecule has 0 spiro atoms. The molecular formula is C27H54N2O5S2Si. The van der Waals surface area contributed by atoms with Crippen molar-refractivity contribution in [2.45, 2.75) is 135 Å². The van der Waals surface area contributed by atoms with E-state index >= 15 is 0 Å². The molecule has 2 N–H and O–H groups in total. The van der Waals surface area contributed by atoms with Gasteiger partial charge in [0.05, 0.1) is 6.61 Å². The maximum Gasteiger partial charge on any atom is 0.500 e. The zero-order chi connectivity index (χ0) is 27.4. The first kappa shape index (κ1) is 34.6. The molecule has 0 radical (unpaired) electrons. The van der Waals surface area contributed by atoms with Crippen LogP contribution in [0.25, 0.3) is 0 Å². The number of ether oxygens (including phenoxy) is 1. The molecular weight excluding hydrogens is 525 g/mol. The molecule has 10 heteroatoms. The lowest BCUT2D eigenvalue weighted by Crippen LogP contribution is -2.49. The first-order valence-corrected chi connectivity index (χ1v) is 17.5. The molecule has 0 aliphatic heterocycles. The number of carbonyl (C=O) groups is 1. The highest BCUT2D eigenvalue weighted by molar-refractivity contribution is 7.96. The van der Waals surface area contributed by atoms with Crippen molar-refractivity contribution in [1.29, 1.82) is 0 Å². The van der Waals surface area contributed by atoms with E-state index in [0.717, 1.165) is 43.3 Å². The molecule has 2 fully saturated rings. The van der Waals surface area contributed by atoms with Gasteiger partial charge in [0.25, 0.3) is 10.4 Å². The summed E-state index contributed by atoms with van der Waals surface area (Å²) in [5.41, 5.74) is 4.34. The molecule has 0 aromatic carbocycles.